The second kappa shape index (κ2) is 12.2. The van der Waals surface area contributed by atoms with Gasteiger partial charge in [0.25, 0.3) is 0 Å². The first-order valence-electron chi connectivity index (χ1n) is 9.99. The highest BCUT2D eigenvalue weighted by atomic mass is 35.5. The van der Waals surface area contributed by atoms with Crippen molar-refractivity contribution in [1.82, 2.24) is 10.2 Å². The van der Waals surface area contributed by atoms with E-state index in [9.17, 15) is 4.79 Å². The van der Waals surface area contributed by atoms with Gasteiger partial charge in [0.2, 0.25) is 5.91 Å². The average molecular weight is 438 g/mol. The Bertz CT molecular complexity index is 745. The highest BCUT2D eigenvalue weighted by molar-refractivity contribution is 5.87. The first-order valence-corrected chi connectivity index (χ1v) is 9.99. The molecule has 0 radical (unpaired) electrons. The molecule has 0 aromatic heterocycles. The third-order valence-corrected chi connectivity index (χ3v) is 5.50. The zero-order valence-corrected chi connectivity index (χ0v) is 18.7. The molecule has 0 aliphatic carbocycles. The molecule has 1 heterocycles. The number of benzene rings is 2. The molecule has 0 bridgehead atoms. The van der Waals surface area contributed by atoms with E-state index in [-0.39, 0.29) is 30.7 Å². The third-order valence-electron chi connectivity index (χ3n) is 5.50. The second-order valence-electron chi connectivity index (χ2n) is 7.71. The van der Waals surface area contributed by atoms with Crippen molar-refractivity contribution in [2.45, 2.75) is 51.2 Å². The smallest absolute Gasteiger partial charge is 0.244 e. The monoisotopic (exact) mass is 437 g/mol. The molecular formula is C23H33Cl2N3O. The number of rotatable bonds is 6. The standard InChI is InChI=1S/C23H31N3O.2ClH/c1-23(24,21-13-5-4-6-14-21)22(27)25-17-19-11-7-8-12-20(19)18-26-15-9-2-3-10-16-26;;/h4-8,11-14H,2-3,9-10,15-18,24H2,1H3,(H,25,27);2*1H. The van der Waals surface area contributed by atoms with Crippen molar-refractivity contribution in [1.29, 1.82) is 0 Å². The van der Waals surface area contributed by atoms with Gasteiger partial charge < -0.3 is 11.1 Å². The molecule has 3 N–H and O–H groups in total. The average Bonchev–Trinajstić information content (AvgIpc) is 2.96. The third kappa shape index (κ3) is 7.00. The van der Waals surface area contributed by atoms with Gasteiger partial charge in [-0.05, 0) is 49.5 Å². The Balaban J connectivity index is 0.00000210. The quantitative estimate of drug-likeness (QED) is 0.703. The molecule has 1 unspecified atom stereocenters. The number of nitrogens with one attached hydrogen (secondary N) is 1. The zero-order valence-electron chi connectivity index (χ0n) is 17.1. The maximum Gasteiger partial charge on any atom is 0.244 e. The van der Waals surface area contributed by atoms with E-state index in [0.717, 1.165) is 25.2 Å². The molecular weight excluding hydrogens is 405 g/mol. The maximum absolute atomic E-state index is 12.7. The Morgan fingerprint density at radius 2 is 1.48 bits per heavy atom. The maximum atomic E-state index is 12.7. The van der Waals surface area contributed by atoms with Gasteiger partial charge in [0.05, 0.1) is 0 Å². The summed E-state index contributed by atoms with van der Waals surface area (Å²) in [5, 5.41) is 3.05. The molecule has 1 saturated heterocycles. The Hall–Kier alpha value is -1.59. The van der Waals surface area contributed by atoms with E-state index < -0.39 is 5.54 Å². The summed E-state index contributed by atoms with van der Waals surface area (Å²) in [6.07, 6.45) is 5.23. The van der Waals surface area contributed by atoms with Gasteiger partial charge in [-0.15, -0.1) is 24.8 Å². The Labute approximate surface area is 187 Å². The number of halogens is 2. The van der Waals surface area contributed by atoms with Crippen molar-refractivity contribution in [2.75, 3.05) is 13.1 Å². The fraction of sp³-hybridized carbons (Fsp3) is 0.435. The van der Waals surface area contributed by atoms with Gasteiger partial charge >= 0.3 is 0 Å². The fourth-order valence-electron chi connectivity index (χ4n) is 3.69. The summed E-state index contributed by atoms with van der Waals surface area (Å²) >= 11 is 0. The van der Waals surface area contributed by atoms with Crippen LogP contribution >= 0.6 is 24.8 Å². The van der Waals surface area contributed by atoms with E-state index in [4.69, 9.17) is 5.73 Å². The molecule has 0 spiro atoms. The van der Waals surface area contributed by atoms with Gasteiger partial charge in [0.1, 0.15) is 5.54 Å². The van der Waals surface area contributed by atoms with Gasteiger partial charge in [-0.25, -0.2) is 0 Å². The van der Waals surface area contributed by atoms with Gasteiger partial charge in [0, 0.05) is 13.1 Å². The summed E-state index contributed by atoms with van der Waals surface area (Å²) in [7, 11) is 0. The molecule has 1 aliphatic rings. The minimum Gasteiger partial charge on any atom is -0.350 e. The summed E-state index contributed by atoms with van der Waals surface area (Å²) < 4.78 is 0. The number of carbonyl (C=O) groups is 1. The number of likely N-dealkylation sites (tertiary alicyclic amines) is 1. The lowest BCUT2D eigenvalue weighted by molar-refractivity contribution is -0.126. The molecule has 1 aliphatic heterocycles. The number of hydrogen-bond donors (Lipinski definition) is 2. The second-order valence-corrected chi connectivity index (χ2v) is 7.71. The fourth-order valence-corrected chi connectivity index (χ4v) is 3.69. The van der Waals surface area contributed by atoms with Gasteiger partial charge in [-0.2, -0.15) is 0 Å². The van der Waals surface area contributed by atoms with Crippen molar-refractivity contribution < 1.29 is 4.79 Å². The molecule has 2 aromatic carbocycles. The predicted octanol–water partition coefficient (Wildman–Crippen LogP) is 4.40. The molecule has 1 amide bonds. The highest BCUT2D eigenvalue weighted by Gasteiger charge is 2.30. The van der Waals surface area contributed by atoms with Gasteiger partial charge in [-0.3, -0.25) is 9.69 Å². The van der Waals surface area contributed by atoms with Crippen molar-refractivity contribution in [3.05, 3.63) is 71.3 Å². The normalized spacial score (nSPS) is 16.5. The Kier molecular flexibility index (Phi) is 10.7. The van der Waals surface area contributed by atoms with Crippen LogP contribution in [0.3, 0.4) is 0 Å². The number of hydrogen-bond acceptors (Lipinski definition) is 3. The minimum absolute atomic E-state index is 0. The largest absolute Gasteiger partial charge is 0.350 e. The SMILES string of the molecule is CC(N)(C(=O)NCc1ccccc1CN1CCCCCC1)c1ccccc1.Cl.Cl. The first-order chi connectivity index (χ1) is 13.1. The van der Waals surface area contributed by atoms with Gasteiger partial charge in [0.15, 0.2) is 0 Å². The molecule has 3 rings (SSSR count). The van der Waals surface area contributed by atoms with Crippen LogP contribution in [0, 0.1) is 0 Å². The van der Waals surface area contributed by atoms with Crippen LogP contribution in [0.25, 0.3) is 0 Å². The number of nitrogens with zero attached hydrogens (tertiary/aromatic N) is 1. The van der Waals surface area contributed by atoms with Gasteiger partial charge in [-0.1, -0.05) is 67.4 Å². The zero-order chi connectivity index (χ0) is 19.1. The molecule has 4 nitrogen and oxygen atoms in total. The Morgan fingerprint density at radius 1 is 0.931 bits per heavy atom. The molecule has 1 atom stereocenters. The summed E-state index contributed by atoms with van der Waals surface area (Å²) in [6, 6.07) is 17.9. The van der Waals surface area contributed by atoms with Crippen molar-refractivity contribution in [3.63, 3.8) is 0 Å². The summed E-state index contributed by atoms with van der Waals surface area (Å²) in [4.78, 5) is 15.3. The molecule has 160 valence electrons. The molecule has 29 heavy (non-hydrogen) atoms. The minimum atomic E-state index is -1.04. The Morgan fingerprint density at radius 3 is 2.10 bits per heavy atom. The summed E-state index contributed by atoms with van der Waals surface area (Å²) in [6.45, 7) is 5.54. The number of amides is 1. The number of nitrogens with two attached hydrogens (primary N) is 1. The van der Waals surface area contributed by atoms with Crippen LogP contribution in [0.5, 0.6) is 0 Å². The van der Waals surface area contributed by atoms with E-state index in [1.165, 1.54) is 36.8 Å². The highest BCUT2D eigenvalue weighted by Crippen LogP contribution is 2.19. The predicted molar refractivity (Wildman–Crippen MR) is 125 cm³/mol. The lowest BCUT2D eigenvalue weighted by atomic mass is 9.92. The van der Waals surface area contributed by atoms with Crippen LogP contribution < -0.4 is 11.1 Å². The molecule has 1 fully saturated rings. The van der Waals surface area contributed by atoms with E-state index in [0.29, 0.717) is 6.54 Å². The van der Waals surface area contributed by atoms with Crippen molar-refractivity contribution >= 4 is 30.7 Å². The van der Waals surface area contributed by atoms with Crippen LogP contribution in [0.4, 0.5) is 0 Å². The van der Waals surface area contributed by atoms with E-state index in [1.807, 2.05) is 36.4 Å². The van der Waals surface area contributed by atoms with E-state index in [2.05, 4.69) is 28.4 Å². The lowest BCUT2D eigenvalue weighted by Crippen LogP contribution is -2.48. The first kappa shape index (κ1) is 25.4. The van der Waals surface area contributed by atoms with Crippen LogP contribution in [0.2, 0.25) is 0 Å². The molecule has 2 aromatic rings. The van der Waals surface area contributed by atoms with E-state index >= 15 is 0 Å². The summed E-state index contributed by atoms with van der Waals surface area (Å²) in [5.74, 6) is -0.154. The van der Waals surface area contributed by atoms with Crippen LogP contribution in [-0.4, -0.2) is 23.9 Å². The van der Waals surface area contributed by atoms with Crippen LogP contribution in [-0.2, 0) is 23.4 Å². The molecule has 0 saturated carbocycles. The molecule has 6 heteroatoms. The topological polar surface area (TPSA) is 58.4 Å². The van der Waals surface area contributed by atoms with Crippen LogP contribution in [0.1, 0.15) is 49.3 Å². The van der Waals surface area contributed by atoms with Crippen molar-refractivity contribution in [2.24, 2.45) is 5.73 Å². The van der Waals surface area contributed by atoms with Crippen LogP contribution in [0.15, 0.2) is 54.6 Å². The van der Waals surface area contributed by atoms with Crippen molar-refractivity contribution in [3.8, 4) is 0 Å². The summed E-state index contributed by atoms with van der Waals surface area (Å²) in [5.41, 5.74) is 8.57. The lowest BCUT2D eigenvalue weighted by Gasteiger charge is -2.25. The number of carbonyl (C=O) groups excluding carboxylic acids is 1. The van der Waals surface area contributed by atoms with E-state index in [1.54, 1.807) is 6.92 Å².